The van der Waals surface area contributed by atoms with Gasteiger partial charge in [0.2, 0.25) is 5.91 Å². The first-order valence-electron chi connectivity index (χ1n) is 7.75. The smallest absolute Gasteiger partial charge is 0.232 e. The van der Waals surface area contributed by atoms with Gasteiger partial charge in [0.05, 0.1) is 12.1 Å². The molecule has 0 bridgehead atoms. The molecule has 0 saturated carbocycles. The number of nitrogens with zero attached hydrogens (tertiary/aromatic N) is 2. The predicted octanol–water partition coefficient (Wildman–Crippen LogP) is 4.07. The molecule has 0 fully saturated rings. The quantitative estimate of drug-likeness (QED) is 0.669. The summed E-state index contributed by atoms with van der Waals surface area (Å²) in [5.41, 5.74) is 1.57. The summed E-state index contributed by atoms with van der Waals surface area (Å²) in [5.74, 6) is 0.255. The van der Waals surface area contributed by atoms with Crippen molar-refractivity contribution in [1.82, 2.24) is 4.98 Å². The van der Waals surface area contributed by atoms with Gasteiger partial charge >= 0.3 is 0 Å². The Balaban J connectivity index is 1.56. The van der Waals surface area contributed by atoms with E-state index >= 15 is 0 Å². The Morgan fingerprint density at radius 3 is 2.60 bits per heavy atom. The van der Waals surface area contributed by atoms with E-state index in [2.05, 4.69) is 4.98 Å². The number of aromatic nitrogens is 1. The first-order chi connectivity index (χ1) is 12.1. The first-order valence-corrected chi connectivity index (χ1v) is 8.63. The number of hydrogen-bond donors (Lipinski definition) is 0. The van der Waals surface area contributed by atoms with E-state index in [0.717, 1.165) is 16.4 Å². The second kappa shape index (κ2) is 7.90. The Bertz CT molecular complexity index is 834. The molecule has 128 valence electrons. The molecule has 0 aliphatic rings. The third-order valence-electron chi connectivity index (χ3n) is 3.63. The summed E-state index contributed by atoms with van der Waals surface area (Å²) in [4.78, 5) is 18.4. The normalized spacial score (nSPS) is 10.5. The lowest BCUT2D eigenvalue weighted by Gasteiger charge is -2.16. The summed E-state index contributed by atoms with van der Waals surface area (Å²) in [7, 11) is 1.75. The van der Waals surface area contributed by atoms with Crippen molar-refractivity contribution in [3.63, 3.8) is 0 Å². The van der Waals surface area contributed by atoms with Crippen LogP contribution in [0.5, 0.6) is 5.75 Å². The molecule has 2 aromatic carbocycles. The number of likely N-dealkylation sites (N-methyl/N-ethyl adjacent to an activating group) is 1. The van der Waals surface area contributed by atoms with E-state index in [1.165, 1.54) is 23.5 Å². The summed E-state index contributed by atoms with van der Waals surface area (Å²) < 4.78 is 18.4. The SMILES string of the molecule is CN(C(=O)Cc1csc(COc2ccc(F)cc2)n1)c1ccccc1. The van der Waals surface area contributed by atoms with Gasteiger partial charge in [0.1, 0.15) is 23.2 Å². The van der Waals surface area contributed by atoms with Gasteiger partial charge in [-0.1, -0.05) is 18.2 Å². The van der Waals surface area contributed by atoms with Crippen LogP contribution in [0, 0.1) is 5.82 Å². The van der Waals surface area contributed by atoms with Crippen LogP contribution in [0.2, 0.25) is 0 Å². The van der Waals surface area contributed by atoms with Crippen LogP contribution in [0.15, 0.2) is 60.0 Å². The number of carbonyl (C=O) groups excluding carboxylic acids is 1. The zero-order chi connectivity index (χ0) is 17.6. The number of halogens is 1. The molecule has 0 aliphatic heterocycles. The van der Waals surface area contributed by atoms with Gasteiger partial charge in [0.15, 0.2) is 0 Å². The van der Waals surface area contributed by atoms with Crippen molar-refractivity contribution < 1.29 is 13.9 Å². The van der Waals surface area contributed by atoms with Crippen molar-refractivity contribution in [3.05, 3.63) is 76.5 Å². The van der Waals surface area contributed by atoms with Crippen LogP contribution in [0.3, 0.4) is 0 Å². The molecule has 6 heteroatoms. The van der Waals surface area contributed by atoms with Crippen LogP contribution in [0.4, 0.5) is 10.1 Å². The van der Waals surface area contributed by atoms with E-state index < -0.39 is 0 Å². The van der Waals surface area contributed by atoms with E-state index in [0.29, 0.717) is 12.4 Å². The highest BCUT2D eigenvalue weighted by Gasteiger charge is 2.13. The second-order valence-corrected chi connectivity index (χ2v) is 6.38. The molecule has 1 heterocycles. The standard InChI is InChI=1S/C19H17FN2O2S/c1-22(16-5-3-2-4-6-16)19(23)11-15-13-25-18(21-15)12-24-17-9-7-14(20)8-10-17/h2-10,13H,11-12H2,1H3. The van der Waals surface area contributed by atoms with Crippen LogP contribution < -0.4 is 9.64 Å². The second-order valence-electron chi connectivity index (χ2n) is 5.44. The highest BCUT2D eigenvalue weighted by molar-refractivity contribution is 7.09. The fourth-order valence-electron chi connectivity index (χ4n) is 2.24. The number of anilines is 1. The van der Waals surface area contributed by atoms with E-state index in [9.17, 15) is 9.18 Å². The number of carbonyl (C=O) groups is 1. The Morgan fingerprint density at radius 2 is 1.88 bits per heavy atom. The molecule has 0 radical (unpaired) electrons. The third kappa shape index (κ3) is 4.64. The Kier molecular flexibility index (Phi) is 5.40. The lowest BCUT2D eigenvalue weighted by Crippen LogP contribution is -2.27. The van der Waals surface area contributed by atoms with Crippen molar-refractivity contribution >= 4 is 22.9 Å². The van der Waals surface area contributed by atoms with Crippen molar-refractivity contribution in [2.75, 3.05) is 11.9 Å². The molecule has 1 aromatic heterocycles. The van der Waals surface area contributed by atoms with Crippen molar-refractivity contribution in [2.45, 2.75) is 13.0 Å². The number of para-hydroxylation sites is 1. The monoisotopic (exact) mass is 356 g/mol. The number of amides is 1. The molecule has 4 nitrogen and oxygen atoms in total. The zero-order valence-corrected chi connectivity index (χ0v) is 14.5. The number of hydrogen-bond acceptors (Lipinski definition) is 4. The van der Waals surface area contributed by atoms with Crippen LogP contribution >= 0.6 is 11.3 Å². The first kappa shape index (κ1) is 17.1. The van der Waals surface area contributed by atoms with E-state index in [-0.39, 0.29) is 18.1 Å². The van der Waals surface area contributed by atoms with E-state index in [1.807, 2.05) is 35.7 Å². The van der Waals surface area contributed by atoms with Gasteiger partial charge in [-0.05, 0) is 36.4 Å². The lowest BCUT2D eigenvalue weighted by atomic mass is 10.2. The molecule has 0 N–H and O–H groups in total. The number of benzene rings is 2. The molecule has 0 atom stereocenters. The van der Waals surface area contributed by atoms with E-state index in [1.54, 1.807) is 24.1 Å². The minimum absolute atomic E-state index is 0.0255. The largest absolute Gasteiger partial charge is 0.486 e. The van der Waals surface area contributed by atoms with Gasteiger partial charge in [0, 0.05) is 18.1 Å². The van der Waals surface area contributed by atoms with Gasteiger partial charge in [-0.25, -0.2) is 9.37 Å². The number of ether oxygens (including phenoxy) is 1. The number of rotatable bonds is 6. The predicted molar refractivity (Wildman–Crippen MR) is 96.4 cm³/mol. The molecular weight excluding hydrogens is 339 g/mol. The molecule has 0 spiro atoms. The van der Waals surface area contributed by atoms with Crippen LogP contribution in [0.25, 0.3) is 0 Å². The molecule has 0 aliphatic carbocycles. The Morgan fingerprint density at radius 1 is 1.16 bits per heavy atom. The molecular formula is C19H17FN2O2S. The van der Waals surface area contributed by atoms with Crippen molar-refractivity contribution in [2.24, 2.45) is 0 Å². The van der Waals surface area contributed by atoms with Crippen molar-refractivity contribution in [3.8, 4) is 5.75 Å². The highest BCUT2D eigenvalue weighted by atomic mass is 32.1. The average molecular weight is 356 g/mol. The third-order valence-corrected chi connectivity index (χ3v) is 4.50. The Hall–Kier alpha value is -2.73. The summed E-state index contributed by atoms with van der Waals surface area (Å²) in [6.07, 6.45) is 0.235. The maximum atomic E-state index is 12.9. The summed E-state index contributed by atoms with van der Waals surface area (Å²) in [6.45, 7) is 0.291. The van der Waals surface area contributed by atoms with Gasteiger partial charge in [0.25, 0.3) is 0 Å². The van der Waals surface area contributed by atoms with Crippen LogP contribution in [0.1, 0.15) is 10.7 Å². The number of thiazole rings is 1. The van der Waals surface area contributed by atoms with Gasteiger partial charge in [-0.15, -0.1) is 11.3 Å². The summed E-state index contributed by atoms with van der Waals surface area (Å²) in [6, 6.07) is 15.3. The minimum atomic E-state index is -0.301. The maximum absolute atomic E-state index is 12.9. The molecule has 3 rings (SSSR count). The maximum Gasteiger partial charge on any atom is 0.232 e. The van der Waals surface area contributed by atoms with Gasteiger partial charge in [-0.2, -0.15) is 0 Å². The minimum Gasteiger partial charge on any atom is -0.486 e. The fraction of sp³-hybridized carbons (Fsp3) is 0.158. The van der Waals surface area contributed by atoms with Crippen molar-refractivity contribution in [1.29, 1.82) is 0 Å². The Labute approximate surface area is 149 Å². The molecule has 1 amide bonds. The fourth-order valence-corrected chi connectivity index (χ4v) is 2.95. The van der Waals surface area contributed by atoms with Crippen LogP contribution in [-0.4, -0.2) is 17.9 Å². The zero-order valence-electron chi connectivity index (χ0n) is 13.7. The molecule has 25 heavy (non-hydrogen) atoms. The highest BCUT2D eigenvalue weighted by Crippen LogP contribution is 2.17. The molecule has 0 saturated heterocycles. The molecule has 0 unspecified atom stereocenters. The lowest BCUT2D eigenvalue weighted by molar-refractivity contribution is -0.117. The molecule has 3 aromatic rings. The van der Waals surface area contributed by atoms with Crippen LogP contribution in [-0.2, 0) is 17.8 Å². The van der Waals surface area contributed by atoms with Gasteiger partial charge in [-0.3, -0.25) is 4.79 Å². The topological polar surface area (TPSA) is 42.4 Å². The summed E-state index contributed by atoms with van der Waals surface area (Å²) >= 11 is 1.44. The average Bonchev–Trinajstić information content (AvgIpc) is 3.08. The van der Waals surface area contributed by atoms with E-state index in [4.69, 9.17) is 4.74 Å². The van der Waals surface area contributed by atoms with Gasteiger partial charge < -0.3 is 9.64 Å². The summed E-state index contributed by atoms with van der Waals surface area (Å²) in [5, 5.41) is 2.63.